The van der Waals surface area contributed by atoms with Crippen LogP contribution in [0.5, 0.6) is 0 Å². The summed E-state index contributed by atoms with van der Waals surface area (Å²) in [6.07, 6.45) is 4.16. The van der Waals surface area contributed by atoms with Gasteiger partial charge in [-0.05, 0) is 28.8 Å². The van der Waals surface area contributed by atoms with E-state index in [1.54, 1.807) is 24.5 Å². The number of carbonyl (C=O) groups excluding carboxylic acids is 1. The molecule has 0 unspecified atom stereocenters. The second kappa shape index (κ2) is 13.0. The van der Waals surface area contributed by atoms with E-state index in [4.69, 9.17) is 18.9 Å². The number of nitrogens with one attached hydrogen (secondary N) is 1. The molecule has 0 aliphatic carbocycles. The highest BCUT2D eigenvalue weighted by Gasteiger charge is 2.43. The van der Waals surface area contributed by atoms with Gasteiger partial charge in [0.15, 0.2) is 12.1 Å². The highest BCUT2D eigenvalue weighted by molar-refractivity contribution is 5.93. The summed E-state index contributed by atoms with van der Waals surface area (Å²) in [5.74, 6) is -0.456. The maximum Gasteiger partial charge on any atom is 0.253 e. The fourth-order valence-electron chi connectivity index (χ4n) is 6.02. The molecule has 3 aromatic rings. The number of benzene rings is 2. The summed E-state index contributed by atoms with van der Waals surface area (Å²) in [5, 5.41) is 12.5. The average Bonchev–Trinajstić information content (AvgIpc) is 3.50. The Kier molecular flexibility index (Phi) is 8.95. The molecule has 0 saturated carbocycles. The quantitative estimate of drug-likeness (QED) is 0.415. The molecule has 1 amide bonds. The molecule has 4 atom stereocenters. The number of aliphatic hydroxyl groups is 1. The van der Waals surface area contributed by atoms with Crippen LogP contribution in [0.1, 0.15) is 64.8 Å². The van der Waals surface area contributed by atoms with Gasteiger partial charge in [0.25, 0.3) is 5.91 Å². The van der Waals surface area contributed by atoms with Crippen molar-refractivity contribution in [2.24, 2.45) is 5.92 Å². The van der Waals surface area contributed by atoms with Gasteiger partial charge in [0.2, 0.25) is 0 Å². The van der Waals surface area contributed by atoms with Gasteiger partial charge in [-0.15, -0.1) is 0 Å². The van der Waals surface area contributed by atoms with Gasteiger partial charge in [0.1, 0.15) is 0 Å². The van der Waals surface area contributed by atoms with Gasteiger partial charge in [-0.1, -0.05) is 55.5 Å². The van der Waals surface area contributed by atoms with Crippen molar-refractivity contribution in [2.45, 2.75) is 57.2 Å². The fraction of sp³-hybridized carbons (Fsp3) is 0.455. The third-order valence-corrected chi connectivity index (χ3v) is 8.62. The summed E-state index contributed by atoms with van der Waals surface area (Å²) < 4.78 is 25.1. The van der Waals surface area contributed by atoms with Gasteiger partial charge in [-0.25, -0.2) is 0 Å². The molecule has 1 aromatic heterocycles. The van der Waals surface area contributed by atoms with Crippen molar-refractivity contribution < 1.29 is 28.8 Å². The van der Waals surface area contributed by atoms with E-state index in [2.05, 4.69) is 22.1 Å². The molecule has 3 fully saturated rings. The van der Waals surface area contributed by atoms with Crippen LogP contribution in [-0.2, 0) is 32.1 Å². The van der Waals surface area contributed by atoms with Crippen LogP contribution in [0.4, 0.5) is 0 Å². The van der Waals surface area contributed by atoms with Crippen LogP contribution in [0.3, 0.4) is 0 Å². The number of aliphatic hydroxyl groups excluding tert-OH is 1. The Morgan fingerprint density at radius 3 is 2.33 bits per heavy atom. The molecule has 2 N–H and O–H groups in total. The summed E-state index contributed by atoms with van der Waals surface area (Å²) in [7, 11) is 0. The predicted octanol–water partition coefficient (Wildman–Crippen LogP) is 4.13. The molecular formula is C33H39N3O6. The minimum Gasteiger partial charge on any atom is -0.392 e. The zero-order valence-corrected chi connectivity index (χ0v) is 24.0. The first kappa shape index (κ1) is 28.9. The summed E-state index contributed by atoms with van der Waals surface area (Å²) in [6, 6.07) is 19.5. The molecule has 9 heteroatoms. The number of aromatic nitrogens is 1. The summed E-state index contributed by atoms with van der Waals surface area (Å²) >= 11 is 0. The van der Waals surface area contributed by atoms with Crippen LogP contribution in [0, 0.1) is 5.92 Å². The minimum absolute atomic E-state index is 0.00857. The Labute approximate surface area is 246 Å². The number of hydrogen-bond acceptors (Lipinski definition) is 8. The molecule has 222 valence electrons. The number of pyridine rings is 1. The van der Waals surface area contributed by atoms with E-state index in [0.29, 0.717) is 25.3 Å². The van der Waals surface area contributed by atoms with Crippen molar-refractivity contribution in [3.63, 3.8) is 0 Å². The molecule has 0 radical (unpaired) electrons. The second-order valence-corrected chi connectivity index (χ2v) is 11.4. The van der Waals surface area contributed by atoms with E-state index in [9.17, 15) is 9.90 Å². The number of amides is 1. The molecule has 3 aliphatic rings. The van der Waals surface area contributed by atoms with Gasteiger partial charge in [0.05, 0.1) is 37.6 Å². The first-order valence-electron chi connectivity index (χ1n) is 14.8. The maximum atomic E-state index is 12.4. The zero-order chi connectivity index (χ0) is 28.9. The van der Waals surface area contributed by atoms with Crippen LogP contribution < -0.4 is 5.32 Å². The third-order valence-electron chi connectivity index (χ3n) is 8.62. The first-order valence-corrected chi connectivity index (χ1v) is 14.8. The molecule has 3 saturated heterocycles. The Morgan fingerprint density at radius 2 is 1.67 bits per heavy atom. The van der Waals surface area contributed by atoms with E-state index in [-0.39, 0.29) is 30.6 Å². The molecular weight excluding hydrogens is 534 g/mol. The number of carbonyl (C=O) groups is 1. The lowest BCUT2D eigenvalue weighted by molar-refractivity contribution is -0.278. The van der Waals surface area contributed by atoms with E-state index >= 15 is 0 Å². The van der Waals surface area contributed by atoms with Crippen LogP contribution >= 0.6 is 0 Å². The van der Waals surface area contributed by atoms with Crippen molar-refractivity contribution in [1.29, 1.82) is 0 Å². The molecule has 42 heavy (non-hydrogen) atoms. The Hall–Kier alpha value is -3.18. The normalized spacial score (nSPS) is 25.9. The molecule has 4 heterocycles. The predicted molar refractivity (Wildman–Crippen MR) is 155 cm³/mol. The van der Waals surface area contributed by atoms with Crippen LogP contribution in [0.25, 0.3) is 0 Å². The average molecular weight is 574 g/mol. The number of likely N-dealkylation sites (tertiary alicyclic amines) is 1. The van der Waals surface area contributed by atoms with Crippen molar-refractivity contribution >= 4 is 5.91 Å². The lowest BCUT2D eigenvalue weighted by Gasteiger charge is -2.44. The molecule has 3 aliphatic heterocycles. The number of nitrogens with zero attached hydrogens (tertiary/aromatic N) is 2. The summed E-state index contributed by atoms with van der Waals surface area (Å²) in [6.45, 7) is 6.54. The van der Waals surface area contributed by atoms with Gasteiger partial charge in [0, 0.05) is 62.9 Å². The highest BCUT2D eigenvalue weighted by atomic mass is 16.7. The third kappa shape index (κ3) is 6.57. The monoisotopic (exact) mass is 573 g/mol. The molecule has 9 nitrogen and oxygen atoms in total. The number of piperidine rings is 1. The SMILES string of the molecule is C[C@H]1[C@@H](CN2CCC3(CC2)OCCO3)O[C@@H](c2ccc(CNC(=O)c3cccnc3)cc2)O[C@H]1c1ccc(CO)cc1. The van der Waals surface area contributed by atoms with Crippen LogP contribution in [0.2, 0.25) is 0 Å². The van der Waals surface area contributed by atoms with E-state index in [1.165, 1.54) is 0 Å². The molecule has 6 rings (SSSR count). The largest absolute Gasteiger partial charge is 0.392 e. The van der Waals surface area contributed by atoms with Gasteiger partial charge < -0.3 is 34.3 Å². The summed E-state index contributed by atoms with van der Waals surface area (Å²) in [4.78, 5) is 18.9. The van der Waals surface area contributed by atoms with Gasteiger partial charge >= 0.3 is 0 Å². The second-order valence-electron chi connectivity index (χ2n) is 11.4. The van der Waals surface area contributed by atoms with Crippen molar-refractivity contribution in [3.05, 3.63) is 101 Å². The smallest absolute Gasteiger partial charge is 0.253 e. The molecule has 1 spiro atoms. The van der Waals surface area contributed by atoms with Crippen LogP contribution in [-0.4, -0.2) is 65.6 Å². The fourth-order valence-corrected chi connectivity index (χ4v) is 6.02. The standard InChI is InChI=1S/C33H39N3O6/c1-23-29(21-36-15-12-33(13-16-36)39-17-18-40-33)41-32(42-30(23)26-8-6-25(22-37)7-9-26)27-10-4-24(5-11-27)19-35-31(38)28-3-2-14-34-20-28/h2-11,14,20,23,29-30,32,37H,12-13,15-19,21-22H2,1H3,(H,35,38)/t23-,29+,30+,32+/m0/s1. The minimum atomic E-state index is -0.537. The topological polar surface area (TPSA) is 102 Å². The first-order chi connectivity index (χ1) is 20.5. The Morgan fingerprint density at radius 1 is 0.976 bits per heavy atom. The van der Waals surface area contributed by atoms with E-state index in [1.807, 2.05) is 48.5 Å². The lowest BCUT2D eigenvalue weighted by atomic mass is 9.89. The molecule has 0 bridgehead atoms. The van der Waals surface area contributed by atoms with Crippen molar-refractivity contribution in [2.75, 3.05) is 32.8 Å². The number of hydrogen-bond donors (Lipinski definition) is 2. The van der Waals surface area contributed by atoms with Gasteiger partial charge in [-0.2, -0.15) is 0 Å². The lowest BCUT2D eigenvalue weighted by Crippen LogP contribution is -2.50. The number of ether oxygens (including phenoxy) is 4. The maximum absolute atomic E-state index is 12.4. The van der Waals surface area contributed by atoms with Gasteiger partial charge in [-0.3, -0.25) is 9.78 Å². The van der Waals surface area contributed by atoms with Crippen molar-refractivity contribution in [3.8, 4) is 0 Å². The summed E-state index contributed by atoms with van der Waals surface area (Å²) in [5.41, 5.74) is 4.38. The van der Waals surface area contributed by atoms with Crippen LogP contribution in [0.15, 0.2) is 73.1 Å². The Balaban J connectivity index is 1.15. The van der Waals surface area contributed by atoms with Crippen molar-refractivity contribution in [1.82, 2.24) is 15.2 Å². The molecule has 2 aromatic carbocycles. The number of rotatable bonds is 8. The highest BCUT2D eigenvalue weighted by Crippen LogP contribution is 2.42. The van der Waals surface area contributed by atoms with E-state index in [0.717, 1.165) is 54.7 Å². The Bertz CT molecular complexity index is 1300. The zero-order valence-electron chi connectivity index (χ0n) is 24.0. The van der Waals surface area contributed by atoms with E-state index < -0.39 is 12.1 Å².